The second-order valence-corrected chi connectivity index (χ2v) is 6.34. The summed E-state index contributed by atoms with van der Waals surface area (Å²) in [4.78, 5) is 14.8. The fraction of sp³-hybridized carbons (Fsp3) is 0.400. The summed E-state index contributed by atoms with van der Waals surface area (Å²) in [7, 11) is 0. The maximum atomic E-state index is 12.6. The number of rotatable bonds is 1. The molecule has 2 heterocycles. The van der Waals surface area contributed by atoms with E-state index < -0.39 is 0 Å². The van der Waals surface area contributed by atoms with Crippen molar-refractivity contribution in [2.75, 3.05) is 18.0 Å². The molecule has 1 saturated heterocycles. The van der Waals surface area contributed by atoms with Gasteiger partial charge in [-0.15, -0.1) is 11.3 Å². The minimum Gasteiger partial charge on any atom is -0.368 e. The number of anilines is 1. The second-order valence-electron chi connectivity index (χ2n) is 4.99. The van der Waals surface area contributed by atoms with Crippen molar-refractivity contribution in [1.29, 1.82) is 0 Å². The lowest BCUT2D eigenvalue weighted by Crippen LogP contribution is -2.28. The van der Waals surface area contributed by atoms with Gasteiger partial charge in [-0.2, -0.15) is 0 Å². The molecule has 1 fully saturated rings. The maximum Gasteiger partial charge on any atom is 0.211 e. The molecular weight excluding hydrogens is 278 g/mol. The van der Waals surface area contributed by atoms with Gasteiger partial charge in [-0.25, -0.2) is 0 Å². The van der Waals surface area contributed by atoms with Crippen LogP contribution in [0.1, 0.15) is 25.7 Å². The number of benzene rings is 1. The number of fused-ring (bicyclic) bond motifs is 1. The summed E-state index contributed by atoms with van der Waals surface area (Å²) >= 11 is 7.63. The average Bonchev–Trinajstić information content (AvgIpc) is 2.69. The fourth-order valence-corrected chi connectivity index (χ4v) is 3.71. The molecule has 0 radical (unpaired) electrons. The van der Waals surface area contributed by atoms with Gasteiger partial charge in [0.2, 0.25) is 5.43 Å². The predicted molar refractivity (Wildman–Crippen MR) is 83.8 cm³/mol. The molecule has 1 aromatic heterocycles. The Morgan fingerprint density at radius 3 is 2.58 bits per heavy atom. The number of hydrogen-bond acceptors (Lipinski definition) is 3. The molecule has 1 aliphatic rings. The van der Waals surface area contributed by atoms with Crippen LogP contribution in [0.2, 0.25) is 5.02 Å². The molecule has 0 N–H and O–H groups in total. The first kappa shape index (κ1) is 12.9. The van der Waals surface area contributed by atoms with E-state index >= 15 is 0 Å². The minimum atomic E-state index is 0.123. The van der Waals surface area contributed by atoms with Crippen LogP contribution in [0.25, 0.3) is 10.1 Å². The van der Waals surface area contributed by atoms with Gasteiger partial charge in [0.05, 0.1) is 5.69 Å². The Morgan fingerprint density at radius 2 is 1.84 bits per heavy atom. The van der Waals surface area contributed by atoms with Crippen LogP contribution in [0.3, 0.4) is 0 Å². The van der Waals surface area contributed by atoms with Gasteiger partial charge in [-0.1, -0.05) is 24.4 Å². The van der Waals surface area contributed by atoms with Crippen molar-refractivity contribution in [2.24, 2.45) is 0 Å². The Bertz CT molecular complexity index is 644. The van der Waals surface area contributed by atoms with Gasteiger partial charge >= 0.3 is 0 Å². The summed E-state index contributed by atoms with van der Waals surface area (Å²) in [5, 5.41) is 3.38. The quantitative estimate of drug-likeness (QED) is 0.781. The zero-order valence-electron chi connectivity index (χ0n) is 10.7. The third-order valence-corrected chi connectivity index (χ3v) is 4.85. The van der Waals surface area contributed by atoms with Crippen LogP contribution in [0.15, 0.2) is 28.4 Å². The molecule has 1 aromatic carbocycles. The van der Waals surface area contributed by atoms with Gasteiger partial charge in [-0.3, -0.25) is 4.79 Å². The van der Waals surface area contributed by atoms with E-state index in [1.807, 2.05) is 17.5 Å². The van der Waals surface area contributed by atoms with E-state index in [0.29, 0.717) is 5.02 Å². The predicted octanol–water partition coefficient (Wildman–Crippen LogP) is 4.30. The van der Waals surface area contributed by atoms with Gasteiger partial charge in [-0.05, 0) is 31.0 Å². The van der Waals surface area contributed by atoms with E-state index in [2.05, 4.69) is 4.90 Å². The first-order valence-electron chi connectivity index (χ1n) is 6.72. The molecule has 100 valence electrons. The Hall–Kier alpha value is -1.06. The highest BCUT2D eigenvalue weighted by Crippen LogP contribution is 2.25. The molecule has 3 rings (SSSR count). The van der Waals surface area contributed by atoms with Crippen molar-refractivity contribution in [3.63, 3.8) is 0 Å². The Kier molecular flexibility index (Phi) is 3.76. The summed E-state index contributed by atoms with van der Waals surface area (Å²) in [6.07, 6.45) is 4.90. The Morgan fingerprint density at radius 1 is 1.11 bits per heavy atom. The summed E-state index contributed by atoms with van der Waals surface area (Å²) in [6.45, 7) is 1.99. The topological polar surface area (TPSA) is 20.3 Å². The lowest BCUT2D eigenvalue weighted by atomic mass is 10.2. The summed E-state index contributed by atoms with van der Waals surface area (Å²) in [5.74, 6) is 0. The van der Waals surface area contributed by atoms with Crippen molar-refractivity contribution < 1.29 is 0 Å². The number of halogens is 1. The van der Waals surface area contributed by atoms with Gasteiger partial charge in [0.15, 0.2) is 0 Å². The summed E-state index contributed by atoms with van der Waals surface area (Å²) in [5.41, 5.74) is 0.972. The molecule has 0 unspecified atom stereocenters. The van der Waals surface area contributed by atoms with Crippen molar-refractivity contribution in [3.05, 3.63) is 38.8 Å². The van der Waals surface area contributed by atoms with Crippen LogP contribution in [0, 0.1) is 0 Å². The highest BCUT2D eigenvalue weighted by molar-refractivity contribution is 7.16. The molecular formula is C15H16ClNOS. The van der Waals surface area contributed by atoms with Crippen LogP contribution in [0.5, 0.6) is 0 Å². The summed E-state index contributed by atoms with van der Waals surface area (Å²) < 4.78 is 1.01. The van der Waals surface area contributed by atoms with E-state index in [1.54, 1.807) is 17.4 Å². The van der Waals surface area contributed by atoms with Crippen LogP contribution >= 0.6 is 22.9 Å². The first-order valence-corrected chi connectivity index (χ1v) is 7.97. The molecule has 1 aliphatic heterocycles. The normalized spacial score (nSPS) is 16.6. The van der Waals surface area contributed by atoms with Crippen LogP contribution < -0.4 is 10.3 Å². The van der Waals surface area contributed by atoms with Gasteiger partial charge < -0.3 is 4.90 Å². The molecule has 2 nitrogen and oxygen atoms in total. The molecule has 0 atom stereocenters. The number of hydrogen-bond donors (Lipinski definition) is 0. The molecule has 4 heteroatoms. The van der Waals surface area contributed by atoms with Crippen molar-refractivity contribution in [1.82, 2.24) is 0 Å². The molecule has 0 saturated carbocycles. The maximum absolute atomic E-state index is 12.6. The van der Waals surface area contributed by atoms with Crippen molar-refractivity contribution in [2.45, 2.75) is 25.7 Å². The average molecular weight is 294 g/mol. The van der Waals surface area contributed by atoms with Gasteiger partial charge in [0.25, 0.3) is 0 Å². The highest BCUT2D eigenvalue weighted by atomic mass is 35.5. The molecule has 0 bridgehead atoms. The zero-order chi connectivity index (χ0) is 13.2. The summed E-state index contributed by atoms with van der Waals surface area (Å²) in [6, 6.07) is 5.55. The van der Waals surface area contributed by atoms with E-state index in [-0.39, 0.29) is 5.43 Å². The molecule has 0 amide bonds. The standard InChI is InChI=1S/C15H16ClNOS/c16-11-5-6-14-12(9-11)15(18)13(10-19-14)17-7-3-1-2-4-8-17/h5-6,9-10H,1-4,7-8H2. The van der Waals surface area contributed by atoms with E-state index in [1.165, 1.54) is 25.7 Å². The third kappa shape index (κ3) is 2.63. The highest BCUT2D eigenvalue weighted by Gasteiger charge is 2.14. The third-order valence-electron chi connectivity index (χ3n) is 3.66. The van der Waals surface area contributed by atoms with E-state index in [9.17, 15) is 4.79 Å². The monoisotopic (exact) mass is 293 g/mol. The molecule has 0 spiro atoms. The molecule has 19 heavy (non-hydrogen) atoms. The smallest absolute Gasteiger partial charge is 0.211 e. The van der Waals surface area contributed by atoms with E-state index in [0.717, 1.165) is 28.9 Å². The largest absolute Gasteiger partial charge is 0.368 e. The minimum absolute atomic E-state index is 0.123. The van der Waals surface area contributed by atoms with Crippen molar-refractivity contribution >= 4 is 38.7 Å². The lowest BCUT2D eigenvalue weighted by molar-refractivity contribution is 0.726. The molecule has 2 aromatic rings. The fourth-order valence-electron chi connectivity index (χ4n) is 2.62. The van der Waals surface area contributed by atoms with Crippen LogP contribution in [0.4, 0.5) is 5.69 Å². The zero-order valence-corrected chi connectivity index (χ0v) is 12.3. The van der Waals surface area contributed by atoms with Gasteiger partial charge in [0, 0.05) is 33.6 Å². The Balaban J connectivity index is 2.08. The van der Waals surface area contributed by atoms with Crippen molar-refractivity contribution in [3.8, 4) is 0 Å². The lowest BCUT2D eigenvalue weighted by Gasteiger charge is -2.21. The SMILES string of the molecule is O=c1c(N2CCCCCC2)csc2ccc(Cl)cc12. The second kappa shape index (κ2) is 5.51. The van der Waals surface area contributed by atoms with Gasteiger partial charge in [0.1, 0.15) is 0 Å². The Labute approximate surface area is 121 Å². The van der Waals surface area contributed by atoms with Crippen LogP contribution in [-0.2, 0) is 0 Å². The van der Waals surface area contributed by atoms with Crippen LogP contribution in [-0.4, -0.2) is 13.1 Å². The first-order chi connectivity index (χ1) is 9.25. The van der Waals surface area contributed by atoms with E-state index in [4.69, 9.17) is 11.6 Å². The number of nitrogens with zero attached hydrogens (tertiary/aromatic N) is 1. The molecule has 0 aliphatic carbocycles.